The SMILES string of the molecule is CC(C)(C)P1C2(C)CCCC1(C)CC2. The summed E-state index contributed by atoms with van der Waals surface area (Å²) < 4.78 is 0. The van der Waals surface area contributed by atoms with Gasteiger partial charge in [0, 0.05) is 0 Å². The minimum absolute atomic E-state index is 0.212. The first-order chi connectivity index (χ1) is 6.28. The molecule has 82 valence electrons. The summed E-state index contributed by atoms with van der Waals surface area (Å²) in [6, 6.07) is 0. The lowest BCUT2D eigenvalue weighted by atomic mass is 10.0. The standard InChI is InChI=1S/C13H25P/c1-11(2,3)14-12(4)7-6-8-13(14,5)10-9-12/h6-10H2,1-5H3. The molecule has 14 heavy (non-hydrogen) atoms. The lowest BCUT2D eigenvalue weighted by Crippen LogP contribution is -2.37. The van der Waals surface area contributed by atoms with Crippen LogP contribution in [0.5, 0.6) is 0 Å². The molecular weight excluding hydrogens is 187 g/mol. The van der Waals surface area contributed by atoms with E-state index in [2.05, 4.69) is 34.6 Å². The van der Waals surface area contributed by atoms with E-state index in [1.165, 1.54) is 32.1 Å². The van der Waals surface area contributed by atoms with Gasteiger partial charge in [0.15, 0.2) is 0 Å². The van der Waals surface area contributed by atoms with Crippen LogP contribution in [-0.2, 0) is 0 Å². The molecule has 2 fully saturated rings. The molecule has 0 aromatic rings. The van der Waals surface area contributed by atoms with E-state index in [-0.39, 0.29) is 7.92 Å². The van der Waals surface area contributed by atoms with Crippen LogP contribution in [-0.4, -0.2) is 15.5 Å². The molecule has 2 aliphatic heterocycles. The Morgan fingerprint density at radius 1 is 0.857 bits per heavy atom. The molecule has 0 N–H and O–H groups in total. The second-order valence-electron chi connectivity index (χ2n) is 6.85. The predicted octanol–water partition coefficient (Wildman–Crippen LogP) is 4.76. The lowest BCUT2D eigenvalue weighted by Gasteiger charge is -2.52. The van der Waals surface area contributed by atoms with Crippen molar-refractivity contribution in [1.29, 1.82) is 0 Å². The van der Waals surface area contributed by atoms with E-state index in [1.807, 2.05) is 0 Å². The van der Waals surface area contributed by atoms with Crippen LogP contribution >= 0.6 is 7.92 Å². The highest BCUT2D eigenvalue weighted by atomic mass is 31.1. The second-order valence-corrected chi connectivity index (χ2v) is 11.0. The molecule has 0 nitrogen and oxygen atoms in total. The van der Waals surface area contributed by atoms with Crippen LogP contribution in [0.2, 0.25) is 0 Å². The van der Waals surface area contributed by atoms with Gasteiger partial charge in [0.2, 0.25) is 0 Å². The maximum Gasteiger partial charge on any atom is -0.0113 e. The van der Waals surface area contributed by atoms with Crippen molar-refractivity contribution in [2.24, 2.45) is 0 Å². The molecule has 2 heterocycles. The molecule has 0 aromatic carbocycles. The lowest BCUT2D eigenvalue weighted by molar-refractivity contribution is 0.504. The van der Waals surface area contributed by atoms with Gasteiger partial charge in [-0.25, -0.2) is 0 Å². The molecule has 0 spiro atoms. The van der Waals surface area contributed by atoms with Gasteiger partial charge in [-0.15, -0.1) is 0 Å². The van der Waals surface area contributed by atoms with Gasteiger partial charge in [0.1, 0.15) is 0 Å². The summed E-state index contributed by atoms with van der Waals surface area (Å²) in [5.41, 5.74) is 0. The summed E-state index contributed by atoms with van der Waals surface area (Å²) >= 11 is 0. The minimum atomic E-state index is 0.212. The Morgan fingerprint density at radius 3 is 1.57 bits per heavy atom. The van der Waals surface area contributed by atoms with Gasteiger partial charge >= 0.3 is 0 Å². The van der Waals surface area contributed by atoms with Gasteiger partial charge in [-0.05, 0) is 41.2 Å². The fraction of sp³-hybridized carbons (Fsp3) is 1.00. The van der Waals surface area contributed by atoms with E-state index in [0.29, 0.717) is 5.16 Å². The summed E-state index contributed by atoms with van der Waals surface area (Å²) in [6.45, 7) is 12.6. The zero-order valence-corrected chi connectivity index (χ0v) is 11.4. The molecule has 2 saturated heterocycles. The van der Waals surface area contributed by atoms with Crippen LogP contribution in [0.15, 0.2) is 0 Å². The zero-order valence-electron chi connectivity index (χ0n) is 10.5. The average Bonchev–Trinajstić information content (AvgIpc) is 2.14. The third-order valence-corrected chi connectivity index (χ3v) is 8.78. The van der Waals surface area contributed by atoms with E-state index in [0.717, 1.165) is 10.3 Å². The third-order valence-electron chi connectivity index (χ3n) is 4.38. The van der Waals surface area contributed by atoms with Crippen molar-refractivity contribution in [3.8, 4) is 0 Å². The topological polar surface area (TPSA) is 0 Å². The molecule has 0 radical (unpaired) electrons. The highest BCUT2D eigenvalue weighted by Gasteiger charge is 2.57. The maximum absolute atomic E-state index is 2.58. The van der Waals surface area contributed by atoms with Gasteiger partial charge in [-0.1, -0.05) is 49.0 Å². The summed E-state index contributed by atoms with van der Waals surface area (Å²) in [5, 5.41) is 2.01. The van der Waals surface area contributed by atoms with Gasteiger partial charge in [0.25, 0.3) is 0 Å². The van der Waals surface area contributed by atoms with Crippen molar-refractivity contribution >= 4 is 7.92 Å². The quantitative estimate of drug-likeness (QED) is 0.508. The largest absolute Gasteiger partial charge is 0.0890 e. The van der Waals surface area contributed by atoms with Crippen LogP contribution in [0.3, 0.4) is 0 Å². The van der Waals surface area contributed by atoms with Gasteiger partial charge in [-0.3, -0.25) is 0 Å². The second kappa shape index (κ2) is 2.97. The first-order valence-corrected chi connectivity index (χ1v) is 7.43. The van der Waals surface area contributed by atoms with Crippen molar-refractivity contribution in [3.63, 3.8) is 0 Å². The zero-order chi connectivity index (χ0) is 10.6. The van der Waals surface area contributed by atoms with Crippen molar-refractivity contribution in [1.82, 2.24) is 0 Å². The summed E-state index contributed by atoms with van der Waals surface area (Å²) in [5.74, 6) is 0. The number of hydrogen-bond acceptors (Lipinski definition) is 0. The fourth-order valence-corrected chi connectivity index (χ4v) is 10.3. The van der Waals surface area contributed by atoms with Crippen LogP contribution in [0, 0.1) is 0 Å². The van der Waals surface area contributed by atoms with Crippen LogP contribution < -0.4 is 0 Å². The van der Waals surface area contributed by atoms with Crippen molar-refractivity contribution in [2.75, 3.05) is 0 Å². The normalized spacial score (nSPS) is 48.2. The molecule has 1 heteroatoms. The van der Waals surface area contributed by atoms with E-state index in [1.54, 1.807) is 0 Å². The molecule has 2 aliphatic rings. The third kappa shape index (κ3) is 1.45. The van der Waals surface area contributed by atoms with Crippen LogP contribution in [0.1, 0.15) is 66.7 Å². The molecule has 2 rings (SSSR count). The number of hydrogen-bond donors (Lipinski definition) is 0. The Labute approximate surface area is 90.6 Å². The number of fused-ring (bicyclic) bond motifs is 2. The molecule has 2 atom stereocenters. The van der Waals surface area contributed by atoms with E-state index < -0.39 is 0 Å². The Bertz CT molecular complexity index is 222. The average molecular weight is 212 g/mol. The Hall–Kier alpha value is 0.430. The van der Waals surface area contributed by atoms with Crippen molar-refractivity contribution in [3.05, 3.63) is 0 Å². The van der Waals surface area contributed by atoms with Gasteiger partial charge < -0.3 is 0 Å². The summed E-state index contributed by atoms with van der Waals surface area (Å²) in [6.07, 6.45) is 7.51. The predicted molar refractivity (Wildman–Crippen MR) is 66.6 cm³/mol. The van der Waals surface area contributed by atoms with E-state index in [9.17, 15) is 0 Å². The van der Waals surface area contributed by atoms with E-state index >= 15 is 0 Å². The van der Waals surface area contributed by atoms with Gasteiger partial charge in [-0.2, -0.15) is 0 Å². The van der Waals surface area contributed by atoms with Gasteiger partial charge in [0.05, 0.1) is 0 Å². The van der Waals surface area contributed by atoms with Crippen LogP contribution in [0.25, 0.3) is 0 Å². The smallest absolute Gasteiger partial charge is 0.0113 e. The molecule has 0 saturated carbocycles. The number of rotatable bonds is 0. The fourth-order valence-electron chi connectivity index (χ4n) is 4.36. The minimum Gasteiger partial charge on any atom is -0.0890 e. The molecular formula is C13H25P. The van der Waals surface area contributed by atoms with Crippen molar-refractivity contribution in [2.45, 2.75) is 82.2 Å². The highest BCUT2D eigenvalue weighted by molar-refractivity contribution is 7.63. The molecule has 2 bridgehead atoms. The van der Waals surface area contributed by atoms with E-state index in [4.69, 9.17) is 0 Å². The molecule has 2 unspecified atom stereocenters. The molecule has 0 aromatic heterocycles. The molecule has 0 amide bonds. The Kier molecular flexibility index (Phi) is 2.32. The highest BCUT2D eigenvalue weighted by Crippen LogP contribution is 2.78. The molecule has 0 aliphatic carbocycles. The maximum atomic E-state index is 2.58. The first kappa shape index (κ1) is 10.9. The first-order valence-electron chi connectivity index (χ1n) is 6.09. The monoisotopic (exact) mass is 212 g/mol. The Morgan fingerprint density at radius 2 is 1.29 bits per heavy atom. The summed E-state index contributed by atoms with van der Waals surface area (Å²) in [4.78, 5) is 0. The summed E-state index contributed by atoms with van der Waals surface area (Å²) in [7, 11) is 0.212. The Balaban J connectivity index is 2.38. The van der Waals surface area contributed by atoms with Crippen LogP contribution in [0.4, 0.5) is 0 Å². The van der Waals surface area contributed by atoms with Crippen molar-refractivity contribution < 1.29 is 0 Å².